The fourth-order valence-electron chi connectivity index (χ4n) is 2.42. The Hall–Kier alpha value is -1.85. The predicted molar refractivity (Wildman–Crippen MR) is 79.7 cm³/mol. The van der Waals surface area contributed by atoms with Crippen LogP contribution in [0.5, 0.6) is 0 Å². The van der Waals surface area contributed by atoms with Gasteiger partial charge in [0.2, 0.25) is 11.9 Å². The Morgan fingerprint density at radius 3 is 2.75 bits per heavy atom. The Morgan fingerprint density at radius 1 is 1.45 bits per heavy atom. The number of nitrogens with one attached hydrogen (secondary N) is 1. The molecule has 2 rings (SSSR count). The number of rotatable bonds is 5. The molecule has 1 saturated heterocycles. The first-order chi connectivity index (χ1) is 9.60. The van der Waals surface area contributed by atoms with Gasteiger partial charge in [0.05, 0.1) is 0 Å². The van der Waals surface area contributed by atoms with E-state index in [0.29, 0.717) is 5.95 Å². The average molecular weight is 277 g/mol. The Bertz CT molecular complexity index is 469. The number of nitrogens with zero attached hydrogens (tertiary/aromatic N) is 3. The molecule has 0 spiro atoms. The molecule has 1 aromatic rings. The van der Waals surface area contributed by atoms with Gasteiger partial charge in [0.25, 0.3) is 0 Å². The largest absolute Gasteiger partial charge is 0.369 e. The summed E-state index contributed by atoms with van der Waals surface area (Å²) in [5.74, 6) is 1.43. The number of aromatic nitrogens is 2. The van der Waals surface area contributed by atoms with E-state index in [2.05, 4.69) is 27.1 Å². The van der Waals surface area contributed by atoms with Crippen molar-refractivity contribution in [3.8, 4) is 0 Å². The van der Waals surface area contributed by atoms with Crippen LogP contribution in [-0.2, 0) is 4.79 Å². The van der Waals surface area contributed by atoms with Crippen molar-refractivity contribution in [3.63, 3.8) is 0 Å². The summed E-state index contributed by atoms with van der Waals surface area (Å²) in [6.07, 6.45) is 2.64. The van der Waals surface area contributed by atoms with Crippen molar-refractivity contribution in [1.29, 1.82) is 0 Å². The van der Waals surface area contributed by atoms with Gasteiger partial charge in [-0.1, -0.05) is 6.92 Å². The second kappa shape index (κ2) is 6.54. The number of carbonyl (C=O) groups is 1. The fraction of sp³-hybridized carbons (Fsp3) is 0.643. The van der Waals surface area contributed by atoms with Crippen LogP contribution in [0.25, 0.3) is 0 Å². The van der Waals surface area contributed by atoms with Gasteiger partial charge >= 0.3 is 0 Å². The van der Waals surface area contributed by atoms with Gasteiger partial charge in [-0.05, 0) is 26.2 Å². The molecule has 0 atom stereocenters. The third kappa shape index (κ3) is 3.59. The minimum absolute atomic E-state index is 0.00636. The summed E-state index contributed by atoms with van der Waals surface area (Å²) < 4.78 is 0. The van der Waals surface area contributed by atoms with E-state index in [-0.39, 0.29) is 11.8 Å². The van der Waals surface area contributed by atoms with E-state index < -0.39 is 0 Å². The van der Waals surface area contributed by atoms with Gasteiger partial charge in [-0.25, -0.2) is 4.98 Å². The zero-order valence-electron chi connectivity index (χ0n) is 12.2. The summed E-state index contributed by atoms with van der Waals surface area (Å²) >= 11 is 0. The second-order valence-corrected chi connectivity index (χ2v) is 5.28. The third-order valence-corrected chi connectivity index (χ3v) is 3.60. The van der Waals surface area contributed by atoms with Crippen molar-refractivity contribution in [2.24, 2.45) is 11.7 Å². The predicted octanol–water partition coefficient (Wildman–Crippen LogP) is 1.31. The molecule has 1 aliphatic heterocycles. The molecule has 6 heteroatoms. The maximum absolute atomic E-state index is 11.2. The molecule has 0 saturated carbocycles. The van der Waals surface area contributed by atoms with E-state index in [0.717, 1.165) is 50.4 Å². The van der Waals surface area contributed by atoms with Gasteiger partial charge < -0.3 is 16.0 Å². The molecule has 0 aliphatic carbocycles. The minimum Gasteiger partial charge on any atom is -0.369 e. The van der Waals surface area contributed by atoms with Crippen LogP contribution in [-0.4, -0.2) is 35.5 Å². The maximum atomic E-state index is 11.2. The summed E-state index contributed by atoms with van der Waals surface area (Å²) in [5.41, 5.74) is 6.31. The van der Waals surface area contributed by atoms with Crippen LogP contribution < -0.4 is 16.0 Å². The molecule has 0 bridgehead atoms. The van der Waals surface area contributed by atoms with Crippen LogP contribution in [0.4, 0.5) is 11.8 Å². The molecule has 0 aromatic carbocycles. The summed E-state index contributed by atoms with van der Waals surface area (Å²) in [4.78, 5) is 22.3. The third-order valence-electron chi connectivity index (χ3n) is 3.60. The first-order valence-corrected chi connectivity index (χ1v) is 7.24. The van der Waals surface area contributed by atoms with E-state index in [9.17, 15) is 4.79 Å². The zero-order chi connectivity index (χ0) is 14.5. The number of anilines is 2. The van der Waals surface area contributed by atoms with Crippen LogP contribution in [0.1, 0.15) is 31.9 Å². The molecule has 2 heterocycles. The van der Waals surface area contributed by atoms with Crippen LogP contribution in [0.15, 0.2) is 6.07 Å². The first kappa shape index (κ1) is 14.6. The zero-order valence-corrected chi connectivity index (χ0v) is 12.2. The molecule has 20 heavy (non-hydrogen) atoms. The van der Waals surface area contributed by atoms with Crippen LogP contribution in [0, 0.1) is 12.8 Å². The summed E-state index contributed by atoms with van der Waals surface area (Å²) in [6.45, 7) is 6.58. The van der Waals surface area contributed by atoms with E-state index in [1.54, 1.807) is 0 Å². The van der Waals surface area contributed by atoms with Crippen molar-refractivity contribution in [3.05, 3.63) is 11.8 Å². The van der Waals surface area contributed by atoms with E-state index >= 15 is 0 Å². The van der Waals surface area contributed by atoms with E-state index in [1.807, 2.05) is 13.0 Å². The van der Waals surface area contributed by atoms with Crippen molar-refractivity contribution in [1.82, 2.24) is 9.97 Å². The molecule has 3 N–H and O–H groups in total. The highest BCUT2D eigenvalue weighted by Crippen LogP contribution is 2.22. The van der Waals surface area contributed by atoms with Crippen molar-refractivity contribution < 1.29 is 4.79 Å². The molecule has 0 unspecified atom stereocenters. The quantitative estimate of drug-likeness (QED) is 0.847. The van der Waals surface area contributed by atoms with E-state index in [1.165, 1.54) is 0 Å². The highest BCUT2D eigenvalue weighted by atomic mass is 16.1. The lowest BCUT2D eigenvalue weighted by atomic mass is 9.96. The molecule has 1 fully saturated rings. The molecule has 1 aliphatic rings. The number of carbonyl (C=O) groups excluding carboxylic acids is 1. The molecule has 6 nitrogen and oxygen atoms in total. The van der Waals surface area contributed by atoms with Crippen molar-refractivity contribution >= 4 is 17.7 Å². The van der Waals surface area contributed by atoms with Crippen LogP contribution in [0.3, 0.4) is 0 Å². The molecular formula is C14H23N5O. The lowest BCUT2D eigenvalue weighted by Crippen LogP contribution is -2.39. The standard InChI is InChI=1S/C14H23N5O/c1-3-6-16-14-17-10(2)9-12(18-14)19-7-4-11(5-8-19)13(15)20/h9,11H,3-8H2,1-2H3,(H2,15,20)(H,16,17,18). The van der Waals surface area contributed by atoms with Gasteiger partial charge in [-0.3, -0.25) is 4.79 Å². The fourth-order valence-corrected chi connectivity index (χ4v) is 2.42. The topological polar surface area (TPSA) is 84.1 Å². The van der Waals surface area contributed by atoms with Gasteiger partial charge in [0, 0.05) is 37.3 Å². The number of hydrogen-bond acceptors (Lipinski definition) is 5. The highest BCUT2D eigenvalue weighted by molar-refractivity contribution is 5.77. The molecule has 1 amide bonds. The lowest BCUT2D eigenvalue weighted by Gasteiger charge is -2.31. The Labute approximate surface area is 119 Å². The summed E-state index contributed by atoms with van der Waals surface area (Å²) in [5, 5.41) is 3.22. The Kier molecular flexibility index (Phi) is 4.76. The number of hydrogen-bond donors (Lipinski definition) is 2. The Balaban J connectivity index is 2.05. The minimum atomic E-state index is -0.186. The van der Waals surface area contributed by atoms with Gasteiger partial charge in [-0.2, -0.15) is 4.98 Å². The normalized spacial score (nSPS) is 16.2. The maximum Gasteiger partial charge on any atom is 0.224 e. The van der Waals surface area contributed by atoms with Gasteiger partial charge in [0.15, 0.2) is 0 Å². The average Bonchev–Trinajstić information content (AvgIpc) is 2.44. The van der Waals surface area contributed by atoms with E-state index in [4.69, 9.17) is 5.73 Å². The SMILES string of the molecule is CCCNc1nc(C)cc(N2CCC(C(N)=O)CC2)n1. The van der Waals surface area contributed by atoms with Gasteiger partial charge in [-0.15, -0.1) is 0 Å². The van der Waals surface area contributed by atoms with Crippen LogP contribution in [0.2, 0.25) is 0 Å². The second-order valence-electron chi connectivity index (χ2n) is 5.28. The van der Waals surface area contributed by atoms with Crippen LogP contribution >= 0.6 is 0 Å². The number of piperidine rings is 1. The van der Waals surface area contributed by atoms with Crippen molar-refractivity contribution in [2.45, 2.75) is 33.1 Å². The molecule has 0 radical (unpaired) electrons. The number of nitrogens with two attached hydrogens (primary N) is 1. The molecule has 1 aromatic heterocycles. The smallest absolute Gasteiger partial charge is 0.224 e. The first-order valence-electron chi connectivity index (χ1n) is 7.24. The Morgan fingerprint density at radius 2 is 2.15 bits per heavy atom. The molecule has 110 valence electrons. The van der Waals surface area contributed by atoms with Gasteiger partial charge in [0.1, 0.15) is 5.82 Å². The number of amides is 1. The van der Waals surface area contributed by atoms with Crippen molar-refractivity contribution in [2.75, 3.05) is 29.9 Å². The molecular weight excluding hydrogens is 254 g/mol. The lowest BCUT2D eigenvalue weighted by molar-refractivity contribution is -0.122. The summed E-state index contributed by atoms with van der Waals surface area (Å²) in [6, 6.07) is 1.99. The number of primary amides is 1. The highest BCUT2D eigenvalue weighted by Gasteiger charge is 2.24. The summed E-state index contributed by atoms with van der Waals surface area (Å²) in [7, 11) is 0. The monoisotopic (exact) mass is 277 g/mol. The number of aryl methyl sites for hydroxylation is 1.